The number of carbonyl (C=O) groups is 1. The third kappa shape index (κ3) is 3.00. The molecule has 2 aliphatic rings. The first-order valence-corrected chi connectivity index (χ1v) is 8.29. The number of rotatable bonds is 3. The van der Waals surface area contributed by atoms with E-state index >= 15 is 0 Å². The second-order valence-corrected chi connectivity index (χ2v) is 6.46. The second kappa shape index (κ2) is 6.49. The number of fused-ring (bicyclic) bond motifs is 1. The van der Waals surface area contributed by atoms with E-state index in [1.54, 1.807) is 19.5 Å². The largest absolute Gasteiger partial charge is 0.378 e. The minimum Gasteiger partial charge on any atom is -0.378 e. The molecule has 2 aromatic heterocycles. The highest BCUT2D eigenvalue weighted by Gasteiger charge is 2.41. The van der Waals surface area contributed by atoms with Crippen molar-refractivity contribution in [1.29, 1.82) is 0 Å². The maximum absolute atomic E-state index is 12.5. The highest BCUT2D eigenvalue weighted by molar-refractivity contribution is 5.93. The van der Waals surface area contributed by atoms with Crippen molar-refractivity contribution in [3.63, 3.8) is 0 Å². The van der Waals surface area contributed by atoms with E-state index < -0.39 is 0 Å². The van der Waals surface area contributed by atoms with Crippen molar-refractivity contribution in [3.05, 3.63) is 35.7 Å². The molecule has 1 spiro atoms. The van der Waals surface area contributed by atoms with E-state index in [2.05, 4.69) is 20.3 Å². The first-order chi connectivity index (χ1) is 12.2. The maximum Gasteiger partial charge on any atom is 0.256 e. The van der Waals surface area contributed by atoms with Gasteiger partial charge in [-0.05, 0) is 12.8 Å². The van der Waals surface area contributed by atoms with Crippen molar-refractivity contribution >= 4 is 5.91 Å². The molecule has 1 saturated heterocycles. The van der Waals surface area contributed by atoms with Crippen molar-refractivity contribution in [2.45, 2.75) is 38.2 Å². The predicted molar refractivity (Wildman–Crippen MR) is 85.4 cm³/mol. The Morgan fingerprint density at radius 2 is 2.08 bits per heavy atom. The minimum atomic E-state index is -0.283. The lowest BCUT2D eigenvalue weighted by atomic mass is 9.89. The molecule has 2 aromatic rings. The van der Waals surface area contributed by atoms with Gasteiger partial charge in [0.2, 0.25) is 0 Å². The summed E-state index contributed by atoms with van der Waals surface area (Å²) in [6.45, 7) is 2.86. The summed E-state index contributed by atoms with van der Waals surface area (Å²) in [5.41, 5.74) is 2.04. The Balaban J connectivity index is 1.42. The van der Waals surface area contributed by atoms with Crippen LogP contribution in [0.1, 0.15) is 34.6 Å². The summed E-state index contributed by atoms with van der Waals surface area (Å²) in [6, 6.07) is 0. The van der Waals surface area contributed by atoms with Crippen molar-refractivity contribution < 1.29 is 14.3 Å². The topological polar surface area (TPSA) is 95.3 Å². The Morgan fingerprint density at radius 3 is 2.80 bits per heavy atom. The molecule has 0 aliphatic carbocycles. The van der Waals surface area contributed by atoms with Crippen LogP contribution in [0.25, 0.3) is 0 Å². The van der Waals surface area contributed by atoms with Crippen LogP contribution < -0.4 is 0 Å². The third-order valence-electron chi connectivity index (χ3n) is 4.92. The summed E-state index contributed by atoms with van der Waals surface area (Å²) in [5, 5.41) is 8.41. The molecule has 0 unspecified atom stereocenters. The molecule has 132 valence electrons. The molecule has 9 heteroatoms. The summed E-state index contributed by atoms with van der Waals surface area (Å²) in [7, 11) is 1.64. The molecular formula is C16H20N6O3. The van der Waals surface area contributed by atoms with E-state index in [1.165, 1.54) is 6.33 Å². The smallest absolute Gasteiger partial charge is 0.256 e. The number of carbonyl (C=O) groups excluding carboxylic acids is 1. The number of ether oxygens (including phenoxy) is 2. The standard InChI is InChI=1S/C16H20N6O3/c1-24-8-13-14-9-25-16(10-22(14)20-19-13)2-4-21(5-3-16)15(23)12-6-17-11-18-7-12/h6-7,11H,2-5,8-10H2,1H3. The Kier molecular flexibility index (Phi) is 4.18. The number of hydrogen-bond acceptors (Lipinski definition) is 7. The fraction of sp³-hybridized carbons (Fsp3) is 0.562. The molecule has 4 rings (SSSR count). The molecular weight excluding hydrogens is 324 g/mol. The fourth-order valence-electron chi connectivity index (χ4n) is 3.45. The molecule has 25 heavy (non-hydrogen) atoms. The zero-order valence-corrected chi connectivity index (χ0v) is 14.1. The quantitative estimate of drug-likeness (QED) is 0.796. The average molecular weight is 344 g/mol. The van der Waals surface area contributed by atoms with E-state index in [-0.39, 0.29) is 11.5 Å². The lowest BCUT2D eigenvalue weighted by molar-refractivity contribution is -0.120. The summed E-state index contributed by atoms with van der Waals surface area (Å²) < 4.78 is 13.3. The number of nitrogens with zero attached hydrogens (tertiary/aromatic N) is 6. The molecule has 1 fully saturated rings. The van der Waals surface area contributed by atoms with Gasteiger partial charge in [0.25, 0.3) is 5.91 Å². The van der Waals surface area contributed by atoms with Crippen LogP contribution in [0.5, 0.6) is 0 Å². The fourth-order valence-corrected chi connectivity index (χ4v) is 3.45. The Bertz CT molecular complexity index is 754. The van der Waals surface area contributed by atoms with Crippen LogP contribution in [0.4, 0.5) is 0 Å². The van der Waals surface area contributed by atoms with E-state index in [0.29, 0.717) is 38.4 Å². The van der Waals surface area contributed by atoms with Crippen LogP contribution in [0, 0.1) is 0 Å². The van der Waals surface area contributed by atoms with Gasteiger partial charge in [0, 0.05) is 32.6 Å². The van der Waals surface area contributed by atoms with Gasteiger partial charge in [-0.2, -0.15) is 0 Å². The van der Waals surface area contributed by atoms with Crippen molar-refractivity contribution in [2.24, 2.45) is 0 Å². The maximum atomic E-state index is 12.5. The Labute approximate surface area is 145 Å². The van der Waals surface area contributed by atoms with Gasteiger partial charge in [-0.25, -0.2) is 14.6 Å². The number of amides is 1. The number of methoxy groups -OCH3 is 1. The number of likely N-dealkylation sites (tertiary alicyclic amines) is 1. The highest BCUT2D eigenvalue weighted by Crippen LogP contribution is 2.33. The first kappa shape index (κ1) is 16.1. The molecule has 4 heterocycles. The molecule has 0 atom stereocenters. The molecule has 2 aliphatic heterocycles. The Hall–Kier alpha value is -2.39. The zero-order chi connectivity index (χ0) is 17.3. The SMILES string of the molecule is COCc1nnn2c1COC1(CCN(C(=O)c3cncnc3)CC1)C2. The van der Waals surface area contributed by atoms with Gasteiger partial charge in [-0.3, -0.25) is 4.79 Å². The minimum absolute atomic E-state index is 0.0323. The second-order valence-electron chi connectivity index (χ2n) is 6.46. The van der Waals surface area contributed by atoms with Crippen LogP contribution in [-0.2, 0) is 29.2 Å². The van der Waals surface area contributed by atoms with Gasteiger partial charge >= 0.3 is 0 Å². The van der Waals surface area contributed by atoms with Crippen LogP contribution >= 0.6 is 0 Å². The third-order valence-corrected chi connectivity index (χ3v) is 4.92. The zero-order valence-electron chi connectivity index (χ0n) is 14.1. The summed E-state index contributed by atoms with van der Waals surface area (Å²) in [5.74, 6) is -0.0323. The van der Waals surface area contributed by atoms with Gasteiger partial charge < -0.3 is 14.4 Å². The molecule has 9 nitrogen and oxygen atoms in total. The number of aromatic nitrogens is 5. The lowest BCUT2D eigenvalue weighted by Gasteiger charge is -2.43. The average Bonchev–Trinajstić information content (AvgIpc) is 3.05. The highest BCUT2D eigenvalue weighted by atomic mass is 16.5. The summed E-state index contributed by atoms with van der Waals surface area (Å²) in [6.07, 6.45) is 6.06. The van der Waals surface area contributed by atoms with Crippen LogP contribution in [0.15, 0.2) is 18.7 Å². The number of hydrogen-bond donors (Lipinski definition) is 0. The van der Waals surface area contributed by atoms with Crippen molar-refractivity contribution in [2.75, 3.05) is 20.2 Å². The van der Waals surface area contributed by atoms with Gasteiger partial charge in [0.1, 0.15) is 12.0 Å². The molecule has 0 bridgehead atoms. The van der Waals surface area contributed by atoms with Crippen molar-refractivity contribution in [3.8, 4) is 0 Å². The van der Waals surface area contributed by atoms with E-state index in [4.69, 9.17) is 9.47 Å². The number of piperidine rings is 1. The van der Waals surface area contributed by atoms with Crippen LogP contribution in [-0.4, -0.2) is 61.6 Å². The van der Waals surface area contributed by atoms with Crippen LogP contribution in [0.2, 0.25) is 0 Å². The molecule has 0 aromatic carbocycles. The monoisotopic (exact) mass is 344 g/mol. The predicted octanol–water partition coefficient (Wildman–Crippen LogP) is 0.420. The Morgan fingerprint density at radius 1 is 1.32 bits per heavy atom. The summed E-state index contributed by atoms with van der Waals surface area (Å²) >= 11 is 0. The van der Waals surface area contributed by atoms with Gasteiger partial charge in [-0.15, -0.1) is 5.10 Å². The van der Waals surface area contributed by atoms with Gasteiger partial charge in [0.15, 0.2) is 0 Å². The van der Waals surface area contributed by atoms with E-state index in [9.17, 15) is 4.79 Å². The molecule has 0 saturated carbocycles. The molecule has 0 radical (unpaired) electrons. The van der Waals surface area contributed by atoms with Gasteiger partial charge in [0.05, 0.1) is 36.6 Å². The molecule has 1 amide bonds. The summed E-state index contributed by atoms with van der Waals surface area (Å²) in [4.78, 5) is 22.2. The first-order valence-electron chi connectivity index (χ1n) is 8.29. The van der Waals surface area contributed by atoms with Crippen LogP contribution in [0.3, 0.4) is 0 Å². The van der Waals surface area contributed by atoms with Crippen molar-refractivity contribution in [1.82, 2.24) is 29.9 Å². The van der Waals surface area contributed by atoms with E-state index in [1.807, 2.05) is 9.58 Å². The lowest BCUT2D eigenvalue weighted by Crippen LogP contribution is -2.52. The van der Waals surface area contributed by atoms with E-state index in [0.717, 1.165) is 24.2 Å². The normalized spacial score (nSPS) is 19.0. The molecule has 0 N–H and O–H groups in total. The van der Waals surface area contributed by atoms with Gasteiger partial charge in [-0.1, -0.05) is 5.21 Å².